The summed E-state index contributed by atoms with van der Waals surface area (Å²) in [5.41, 5.74) is 1.69. The smallest absolute Gasteiger partial charge is 0.130 e. The van der Waals surface area contributed by atoms with Crippen molar-refractivity contribution in [3.63, 3.8) is 0 Å². The van der Waals surface area contributed by atoms with E-state index < -0.39 is 5.60 Å². The predicted molar refractivity (Wildman–Crippen MR) is 86.5 cm³/mol. The number of phenols is 1. The van der Waals surface area contributed by atoms with Gasteiger partial charge in [-0.15, -0.1) is 6.42 Å². The minimum atomic E-state index is -0.919. The van der Waals surface area contributed by atoms with Crippen LogP contribution in [-0.2, 0) is 6.42 Å². The number of aromatic hydroxyl groups is 1. The van der Waals surface area contributed by atoms with Crippen molar-refractivity contribution in [3.05, 3.63) is 29.3 Å². The van der Waals surface area contributed by atoms with Gasteiger partial charge in [-0.3, -0.25) is 0 Å². The van der Waals surface area contributed by atoms with E-state index in [1.54, 1.807) is 0 Å². The molecular formula is C20H24Ac2O2. The fraction of sp³-hybridized carbons (Fsp3) is 0.600. The minimum absolute atomic E-state index is 0. The average molecular weight is 750 g/mol. The monoisotopic (exact) mass is 750 g/mol. The molecule has 1 aromatic rings. The number of hydrogen-bond acceptors (Lipinski definition) is 2. The summed E-state index contributed by atoms with van der Waals surface area (Å²) < 4.78 is 0. The molecule has 0 aliphatic heterocycles. The van der Waals surface area contributed by atoms with E-state index in [1.165, 1.54) is 11.1 Å². The van der Waals surface area contributed by atoms with Gasteiger partial charge in [-0.2, -0.15) is 0 Å². The summed E-state index contributed by atoms with van der Waals surface area (Å²) in [6, 6.07) is 5.87. The summed E-state index contributed by atoms with van der Waals surface area (Å²) in [4.78, 5) is 0. The summed E-state index contributed by atoms with van der Waals surface area (Å²) in [7, 11) is 0. The summed E-state index contributed by atoms with van der Waals surface area (Å²) in [6.45, 7) is 2.22. The molecule has 1 aromatic carbocycles. The second-order valence-electron chi connectivity index (χ2n) is 7.80. The Morgan fingerprint density at radius 1 is 1.17 bits per heavy atom. The Balaban J connectivity index is 0.00000104. The van der Waals surface area contributed by atoms with Gasteiger partial charge in [-0.25, -0.2) is 0 Å². The number of terminal acetylenes is 1. The molecule has 2 N–H and O–H groups in total. The van der Waals surface area contributed by atoms with Crippen LogP contribution in [0.3, 0.4) is 0 Å². The van der Waals surface area contributed by atoms with Gasteiger partial charge in [0, 0.05) is 93.5 Å². The number of fused-ring (bicyclic) bond motifs is 5. The largest absolute Gasteiger partial charge is 0.508 e. The first-order chi connectivity index (χ1) is 10.5. The molecule has 0 saturated heterocycles. The van der Waals surface area contributed by atoms with Crippen molar-refractivity contribution in [3.8, 4) is 18.1 Å². The van der Waals surface area contributed by atoms with Gasteiger partial charge >= 0.3 is 0 Å². The van der Waals surface area contributed by atoms with Crippen molar-refractivity contribution in [2.75, 3.05) is 0 Å². The van der Waals surface area contributed by atoms with Crippen LogP contribution in [0.15, 0.2) is 18.2 Å². The van der Waals surface area contributed by atoms with Gasteiger partial charge in [-0.05, 0) is 79.5 Å². The minimum Gasteiger partial charge on any atom is -0.508 e. The Kier molecular flexibility index (Phi) is 7.07. The summed E-state index contributed by atoms with van der Waals surface area (Å²) >= 11 is 0. The molecule has 2 fully saturated rings. The molecule has 0 spiro atoms. The van der Waals surface area contributed by atoms with Gasteiger partial charge < -0.3 is 10.2 Å². The number of phenolic OH excluding ortho intramolecular Hbond substituents is 1. The van der Waals surface area contributed by atoms with Crippen LogP contribution in [0.4, 0.5) is 0 Å². The Labute approximate surface area is 216 Å². The molecule has 3 aliphatic rings. The molecule has 3 aliphatic carbocycles. The van der Waals surface area contributed by atoms with Crippen LogP contribution in [-0.4, -0.2) is 15.8 Å². The first-order valence-electron chi connectivity index (χ1n) is 8.50. The van der Waals surface area contributed by atoms with Gasteiger partial charge in [0.1, 0.15) is 11.4 Å². The zero-order valence-corrected chi connectivity index (χ0v) is 23.8. The van der Waals surface area contributed by atoms with Crippen molar-refractivity contribution in [2.45, 2.75) is 57.0 Å². The molecule has 24 heavy (non-hydrogen) atoms. The van der Waals surface area contributed by atoms with Gasteiger partial charge in [0.25, 0.3) is 0 Å². The molecule has 0 aromatic heterocycles. The van der Waals surface area contributed by atoms with E-state index in [0.29, 0.717) is 23.5 Å². The fourth-order valence-corrected chi connectivity index (χ4v) is 5.82. The maximum Gasteiger partial charge on any atom is 0.130 e. The molecule has 5 atom stereocenters. The van der Waals surface area contributed by atoms with E-state index in [9.17, 15) is 10.2 Å². The molecule has 0 bridgehead atoms. The molecule has 4 rings (SSSR count). The Morgan fingerprint density at radius 2 is 1.92 bits per heavy atom. The Morgan fingerprint density at radius 3 is 2.62 bits per heavy atom. The average Bonchev–Trinajstić information content (AvgIpc) is 2.79. The van der Waals surface area contributed by atoms with Gasteiger partial charge in [0.05, 0.1) is 0 Å². The van der Waals surface area contributed by atoms with Gasteiger partial charge in [0.15, 0.2) is 0 Å². The second kappa shape index (κ2) is 7.81. The molecular weight excluding hydrogens is 726 g/mol. The van der Waals surface area contributed by atoms with Gasteiger partial charge in [-0.1, -0.05) is 18.9 Å². The number of rotatable bonds is 0. The first kappa shape index (κ1) is 21.7. The zero-order chi connectivity index (χ0) is 15.5. The van der Waals surface area contributed by atoms with Crippen molar-refractivity contribution in [1.29, 1.82) is 0 Å². The van der Waals surface area contributed by atoms with Crippen LogP contribution in [0.2, 0.25) is 0 Å². The summed E-state index contributed by atoms with van der Waals surface area (Å²) in [6.07, 6.45) is 11.8. The van der Waals surface area contributed by atoms with Crippen LogP contribution >= 0.6 is 0 Å². The van der Waals surface area contributed by atoms with Crippen molar-refractivity contribution in [1.82, 2.24) is 0 Å². The van der Waals surface area contributed by atoms with Crippen LogP contribution in [0.5, 0.6) is 5.75 Å². The molecule has 2 saturated carbocycles. The first-order valence-corrected chi connectivity index (χ1v) is 8.50. The number of hydrogen-bond donors (Lipinski definition) is 2. The maximum atomic E-state index is 10.9. The van der Waals surface area contributed by atoms with Crippen molar-refractivity contribution >= 4 is 0 Å². The normalized spacial score (nSPS) is 39.3. The quantitative estimate of drug-likeness (QED) is 0.399. The van der Waals surface area contributed by atoms with Gasteiger partial charge in [0.2, 0.25) is 0 Å². The Bertz CT molecular complexity index is 668. The van der Waals surface area contributed by atoms with Crippen LogP contribution in [0, 0.1) is 118 Å². The van der Waals surface area contributed by atoms with E-state index in [0.717, 1.165) is 38.5 Å². The molecule has 2 radical (unpaired) electrons. The molecule has 2 nitrogen and oxygen atoms in total. The van der Waals surface area contributed by atoms with Crippen molar-refractivity contribution in [2.24, 2.45) is 17.3 Å². The zero-order valence-electron chi connectivity index (χ0n) is 14.3. The molecule has 122 valence electrons. The fourth-order valence-electron chi connectivity index (χ4n) is 5.82. The van der Waals surface area contributed by atoms with Crippen LogP contribution in [0.1, 0.15) is 56.1 Å². The molecule has 0 amide bonds. The summed E-state index contributed by atoms with van der Waals surface area (Å²) in [5, 5.41) is 20.6. The Hall–Kier alpha value is 1.42. The van der Waals surface area contributed by atoms with E-state index in [-0.39, 0.29) is 93.5 Å². The molecule has 0 heterocycles. The number of aryl methyl sites for hydroxylation is 1. The maximum absolute atomic E-state index is 10.9. The third-order valence-electron chi connectivity index (χ3n) is 7.10. The van der Waals surface area contributed by atoms with Crippen molar-refractivity contribution < 1.29 is 98.3 Å². The predicted octanol–water partition coefficient (Wildman–Crippen LogP) is 3.61. The van der Waals surface area contributed by atoms with Crippen LogP contribution in [0.25, 0.3) is 0 Å². The van der Waals surface area contributed by atoms with E-state index in [1.807, 2.05) is 12.1 Å². The number of benzene rings is 1. The van der Waals surface area contributed by atoms with E-state index >= 15 is 0 Å². The van der Waals surface area contributed by atoms with E-state index in [4.69, 9.17) is 6.42 Å². The SMILES string of the molecule is C#CC1(O)CCC2C3CCc4cc(O)ccc4C3CCC21C.[Ac].[Ac]. The summed E-state index contributed by atoms with van der Waals surface area (Å²) in [5.74, 6) is 4.82. The third-order valence-corrected chi connectivity index (χ3v) is 7.10. The molecule has 4 heteroatoms. The number of aliphatic hydroxyl groups is 1. The van der Waals surface area contributed by atoms with E-state index in [2.05, 4.69) is 18.9 Å². The topological polar surface area (TPSA) is 40.5 Å². The third kappa shape index (κ3) is 3.12. The van der Waals surface area contributed by atoms with Crippen LogP contribution < -0.4 is 0 Å². The standard InChI is InChI=1S/C20H24O2.2Ac/c1-3-20(22)11-9-18-17-6-4-13-12-14(21)5-7-15(13)16(17)8-10-19(18,20)2;;/h1,5,7,12,16-18,21-22H,4,6,8-11H2,2H3;;. The second-order valence-corrected chi connectivity index (χ2v) is 7.80. The molecule has 5 unspecified atom stereocenters.